The fraction of sp³-hybridized carbons (Fsp3) is 0.467. The van der Waals surface area contributed by atoms with Crippen LogP contribution in [0.3, 0.4) is 0 Å². The summed E-state index contributed by atoms with van der Waals surface area (Å²) in [6.07, 6.45) is 0. The van der Waals surface area contributed by atoms with Gasteiger partial charge >= 0.3 is 12.0 Å². The first-order valence-electron chi connectivity index (χ1n) is 6.66. The number of anilines is 1. The van der Waals surface area contributed by atoms with Crippen LogP contribution < -0.4 is 5.32 Å². The fourth-order valence-electron chi connectivity index (χ4n) is 1.74. The highest BCUT2D eigenvalue weighted by Crippen LogP contribution is 2.17. The van der Waals surface area contributed by atoms with Crippen molar-refractivity contribution in [2.45, 2.75) is 26.7 Å². The van der Waals surface area contributed by atoms with E-state index < -0.39 is 11.9 Å². The molecule has 110 valence electrons. The summed E-state index contributed by atoms with van der Waals surface area (Å²) < 4.78 is 0. The van der Waals surface area contributed by atoms with Crippen LogP contribution in [-0.4, -0.2) is 35.6 Å². The number of hydrogen-bond acceptors (Lipinski definition) is 2. The lowest BCUT2D eigenvalue weighted by Gasteiger charge is -2.20. The first-order valence-corrected chi connectivity index (χ1v) is 6.66. The number of nitrogens with zero attached hydrogens (tertiary/aromatic N) is 1. The van der Waals surface area contributed by atoms with E-state index in [0.717, 1.165) is 0 Å². The van der Waals surface area contributed by atoms with Gasteiger partial charge in [-0.1, -0.05) is 32.9 Å². The van der Waals surface area contributed by atoms with Gasteiger partial charge < -0.3 is 15.3 Å². The molecule has 0 radical (unpaired) electrons. The molecule has 0 aromatic heterocycles. The molecule has 0 aliphatic carbocycles. The summed E-state index contributed by atoms with van der Waals surface area (Å²) in [5.41, 5.74) is 1.91. The minimum absolute atomic E-state index is 0.172. The van der Waals surface area contributed by atoms with Crippen molar-refractivity contribution in [3.8, 4) is 0 Å². The second kappa shape index (κ2) is 6.93. The van der Waals surface area contributed by atoms with E-state index in [1.165, 1.54) is 10.5 Å². The zero-order chi connectivity index (χ0) is 15.3. The van der Waals surface area contributed by atoms with E-state index in [-0.39, 0.29) is 12.6 Å². The first kappa shape index (κ1) is 16.0. The lowest BCUT2D eigenvalue weighted by molar-refractivity contribution is -0.141. The van der Waals surface area contributed by atoms with Gasteiger partial charge in [0.2, 0.25) is 0 Å². The first-order chi connectivity index (χ1) is 9.31. The van der Waals surface area contributed by atoms with Crippen molar-refractivity contribution < 1.29 is 14.7 Å². The van der Waals surface area contributed by atoms with Crippen molar-refractivity contribution in [3.05, 3.63) is 29.8 Å². The molecule has 0 saturated heterocycles. The van der Waals surface area contributed by atoms with Crippen LogP contribution in [0.5, 0.6) is 0 Å². The molecule has 20 heavy (non-hydrogen) atoms. The van der Waals surface area contributed by atoms with E-state index in [1.54, 1.807) is 14.0 Å². The van der Waals surface area contributed by atoms with Gasteiger partial charge in [0.05, 0.1) is 5.92 Å². The third-order valence-corrected chi connectivity index (χ3v) is 3.14. The average molecular weight is 278 g/mol. The maximum atomic E-state index is 11.9. The molecule has 5 nitrogen and oxygen atoms in total. The number of carbonyl (C=O) groups excluding carboxylic acids is 1. The standard InChI is InChI=1S/C15H22N2O3/c1-10(2)12-5-7-13(8-6-12)16-15(20)17(4)9-11(3)14(18)19/h5-8,10-11H,9H2,1-4H3,(H,16,20)(H,18,19). The Morgan fingerprint density at radius 3 is 2.20 bits per heavy atom. The predicted molar refractivity (Wildman–Crippen MR) is 79.0 cm³/mol. The molecule has 1 unspecified atom stereocenters. The van der Waals surface area contributed by atoms with Crippen LogP contribution in [0.15, 0.2) is 24.3 Å². The molecule has 5 heteroatoms. The summed E-state index contributed by atoms with van der Waals surface area (Å²) in [6, 6.07) is 7.33. The molecule has 0 aliphatic heterocycles. The SMILES string of the molecule is CC(CN(C)C(=O)Nc1ccc(C(C)C)cc1)C(=O)O. The normalized spacial score (nSPS) is 12.1. The van der Waals surface area contributed by atoms with Crippen LogP contribution in [0, 0.1) is 5.92 Å². The van der Waals surface area contributed by atoms with Crippen LogP contribution in [0.4, 0.5) is 10.5 Å². The highest BCUT2D eigenvalue weighted by molar-refractivity contribution is 5.89. The number of benzene rings is 1. The quantitative estimate of drug-likeness (QED) is 0.870. The number of nitrogens with one attached hydrogen (secondary N) is 1. The van der Waals surface area contributed by atoms with Gasteiger partial charge in [-0.3, -0.25) is 4.79 Å². The third-order valence-electron chi connectivity index (χ3n) is 3.14. The fourth-order valence-corrected chi connectivity index (χ4v) is 1.74. The summed E-state index contributed by atoms with van der Waals surface area (Å²) in [4.78, 5) is 24.0. The maximum Gasteiger partial charge on any atom is 0.321 e. The van der Waals surface area contributed by atoms with Gasteiger partial charge in [0.15, 0.2) is 0 Å². The molecule has 0 bridgehead atoms. The average Bonchev–Trinajstić information content (AvgIpc) is 2.38. The summed E-state index contributed by atoms with van der Waals surface area (Å²) in [5.74, 6) is -1.06. The Balaban J connectivity index is 2.59. The molecular formula is C15H22N2O3. The highest BCUT2D eigenvalue weighted by atomic mass is 16.4. The third kappa shape index (κ3) is 4.57. The van der Waals surface area contributed by atoms with Gasteiger partial charge in [-0.25, -0.2) is 4.79 Å². The lowest BCUT2D eigenvalue weighted by Crippen LogP contribution is -2.36. The molecule has 0 aliphatic rings. The molecule has 1 aromatic rings. The van der Waals surface area contributed by atoms with E-state index in [1.807, 2.05) is 24.3 Å². The van der Waals surface area contributed by atoms with E-state index in [0.29, 0.717) is 11.6 Å². The number of rotatable bonds is 5. The zero-order valence-electron chi connectivity index (χ0n) is 12.4. The van der Waals surface area contributed by atoms with Gasteiger partial charge in [0.25, 0.3) is 0 Å². The topological polar surface area (TPSA) is 69.6 Å². The minimum Gasteiger partial charge on any atom is -0.481 e. The van der Waals surface area contributed by atoms with Crippen LogP contribution >= 0.6 is 0 Å². The summed E-state index contributed by atoms with van der Waals surface area (Å²) in [5, 5.41) is 11.6. The molecule has 0 heterocycles. The van der Waals surface area contributed by atoms with Crippen LogP contribution in [0.25, 0.3) is 0 Å². The van der Waals surface area contributed by atoms with Crippen molar-refractivity contribution in [2.75, 3.05) is 18.9 Å². The smallest absolute Gasteiger partial charge is 0.321 e. The van der Waals surface area contributed by atoms with Gasteiger partial charge in [0, 0.05) is 19.3 Å². The number of amides is 2. The second-order valence-corrected chi connectivity index (χ2v) is 5.33. The van der Waals surface area contributed by atoms with Gasteiger partial charge in [-0.05, 0) is 23.6 Å². The minimum atomic E-state index is -0.911. The van der Waals surface area contributed by atoms with Gasteiger partial charge in [0.1, 0.15) is 0 Å². The molecule has 1 rings (SSSR count). The van der Waals surface area contributed by atoms with Gasteiger partial charge in [-0.2, -0.15) is 0 Å². The summed E-state index contributed by atoms with van der Waals surface area (Å²) in [6.45, 7) is 5.96. The van der Waals surface area contributed by atoms with Crippen molar-refractivity contribution in [1.82, 2.24) is 4.90 Å². The highest BCUT2D eigenvalue weighted by Gasteiger charge is 2.17. The monoisotopic (exact) mass is 278 g/mol. The Morgan fingerprint density at radius 2 is 1.75 bits per heavy atom. The summed E-state index contributed by atoms with van der Waals surface area (Å²) in [7, 11) is 1.58. The second-order valence-electron chi connectivity index (χ2n) is 5.33. The van der Waals surface area contributed by atoms with Gasteiger partial charge in [-0.15, -0.1) is 0 Å². The van der Waals surface area contributed by atoms with Crippen molar-refractivity contribution >= 4 is 17.7 Å². The van der Waals surface area contributed by atoms with Crippen molar-refractivity contribution in [2.24, 2.45) is 5.92 Å². The van der Waals surface area contributed by atoms with E-state index in [4.69, 9.17) is 5.11 Å². The molecule has 0 spiro atoms. The van der Waals surface area contributed by atoms with Crippen LogP contribution in [0.1, 0.15) is 32.3 Å². The number of hydrogen-bond donors (Lipinski definition) is 2. The molecule has 2 N–H and O–H groups in total. The zero-order valence-corrected chi connectivity index (χ0v) is 12.4. The van der Waals surface area contributed by atoms with E-state index in [2.05, 4.69) is 19.2 Å². The number of carboxylic acid groups (broad SMARTS) is 1. The predicted octanol–water partition coefficient (Wildman–Crippen LogP) is 2.99. The van der Waals surface area contributed by atoms with Crippen LogP contribution in [0.2, 0.25) is 0 Å². The molecule has 0 fully saturated rings. The molecule has 1 aromatic carbocycles. The van der Waals surface area contributed by atoms with Crippen molar-refractivity contribution in [3.63, 3.8) is 0 Å². The Morgan fingerprint density at radius 1 is 1.20 bits per heavy atom. The lowest BCUT2D eigenvalue weighted by atomic mass is 10.0. The largest absolute Gasteiger partial charge is 0.481 e. The number of aliphatic carboxylic acids is 1. The Bertz CT molecular complexity index is 469. The molecule has 1 atom stereocenters. The molecule has 2 amide bonds. The number of carboxylic acids is 1. The summed E-state index contributed by atoms with van der Waals surface area (Å²) >= 11 is 0. The van der Waals surface area contributed by atoms with Crippen molar-refractivity contribution in [1.29, 1.82) is 0 Å². The Labute approximate surface area is 119 Å². The van der Waals surface area contributed by atoms with E-state index in [9.17, 15) is 9.59 Å². The number of carbonyl (C=O) groups is 2. The molecule has 0 saturated carbocycles. The van der Waals surface area contributed by atoms with E-state index >= 15 is 0 Å². The maximum absolute atomic E-state index is 11.9. The molecular weight excluding hydrogens is 256 g/mol. The Hall–Kier alpha value is -2.04. The van der Waals surface area contributed by atoms with Crippen LogP contribution in [-0.2, 0) is 4.79 Å². The number of urea groups is 1. The Kier molecular flexibility index (Phi) is 5.55.